The van der Waals surface area contributed by atoms with Crippen molar-refractivity contribution in [3.8, 4) is 0 Å². The van der Waals surface area contributed by atoms with Gasteiger partial charge in [0.15, 0.2) is 0 Å². The predicted molar refractivity (Wildman–Crippen MR) is 69.8 cm³/mol. The summed E-state index contributed by atoms with van der Waals surface area (Å²) in [5, 5.41) is 14.5. The molecule has 2 aromatic rings. The highest BCUT2D eigenvalue weighted by Crippen LogP contribution is 2.28. The Balaban J connectivity index is 2.24. The zero-order chi connectivity index (χ0) is 14.0. The number of nitrogens with two attached hydrogens (primary N) is 1. The molecule has 102 valence electrons. The molecule has 8 heteroatoms. The van der Waals surface area contributed by atoms with Crippen molar-refractivity contribution in [1.29, 1.82) is 0 Å². The van der Waals surface area contributed by atoms with Crippen molar-refractivity contribution in [2.45, 2.75) is 20.8 Å². The molecule has 0 atom stereocenters. The van der Waals surface area contributed by atoms with Crippen LogP contribution in [0, 0.1) is 13.8 Å². The lowest BCUT2D eigenvalue weighted by molar-refractivity contribution is -0.140. The van der Waals surface area contributed by atoms with Crippen LogP contribution < -0.4 is 11.1 Å². The Bertz CT molecular complexity index is 621. The van der Waals surface area contributed by atoms with Gasteiger partial charge >= 0.3 is 5.97 Å². The molecule has 0 fully saturated rings. The molecule has 3 N–H and O–H groups in total. The average Bonchev–Trinajstić information content (AvgIpc) is 2.84. The summed E-state index contributed by atoms with van der Waals surface area (Å²) in [6, 6.07) is 0. The van der Waals surface area contributed by atoms with Crippen LogP contribution in [0.25, 0.3) is 5.65 Å². The molecule has 0 radical (unpaired) electrons. The van der Waals surface area contributed by atoms with E-state index in [2.05, 4.69) is 20.8 Å². The van der Waals surface area contributed by atoms with Gasteiger partial charge in [0.25, 0.3) is 0 Å². The number of rotatable bonds is 4. The van der Waals surface area contributed by atoms with Crippen LogP contribution in [-0.2, 0) is 9.53 Å². The zero-order valence-corrected chi connectivity index (χ0v) is 11.1. The number of hydrogen-bond donors (Lipinski definition) is 2. The van der Waals surface area contributed by atoms with E-state index in [-0.39, 0.29) is 12.6 Å². The van der Waals surface area contributed by atoms with E-state index in [0.717, 1.165) is 16.9 Å². The summed E-state index contributed by atoms with van der Waals surface area (Å²) in [5.74, 6) is -0.306. The molecular weight excluding hydrogens is 248 g/mol. The molecule has 2 heterocycles. The Labute approximate surface area is 109 Å². The summed E-state index contributed by atoms with van der Waals surface area (Å²) < 4.78 is 6.46. The van der Waals surface area contributed by atoms with E-state index in [1.54, 1.807) is 4.52 Å². The van der Waals surface area contributed by atoms with Crippen molar-refractivity contribution in [3.63, 3.8) is 0 Å². The van der Waals surface area contributed by atoms with Crippen molar-refractivity contribution in [3.05, 3.63) is 11.3 Å². The number of carbonyl (C=O) groups is 1. The first-order valence-corrected chi connectivity index (χ1v) is 5.86. The molecule has 2 rings (SSSR count). The minimum Gasteiger partial charge on any atom is -0.464 e. The van der Waals surface area contributed by atoms with Gasteiger partial charge in [0.1, 0.15) is 12.3 Å². The summed E-state index contributed by atoms with van der Waals surface area (Å²) in [5.41, 5.74) is 9.67. The smallest absolute Gasteiger partial charge is 0.302 e. The fraction of sp³-hybridized carbons (Fsp3) is 0.455. The Morgan fingerprint density at radius 3 is 2.89 bits per heavy atom. The van der Waals surface area contributed by atoms with Gasteiger partial charge in [-0.1, -0.05) is 0 Å². The van der Waals surface area contributed by atoms with Crippen LogP contribution in [0.2, 0.25) is 0 Å². The summed E-state index contributed by atoms with van der Waals surface area (Å²) in [6.45, 7) is 5.97. The van der Waals surface area contributed by atoms with Crippen LogP contribution in [0.5, 0.6) is 0 Å². The number of pyridine rings is 1. The molecule has 0 saturated heterocycles. The number of carbonyl (C=O) groups excluding carboxylic acids is 1. The molecule has 0 aliphatic heterocycles. The minimum absolute atomic E-state index is 0.281. The monoisotopic (exact) mass is 264 g/mol. The van der Waals surface area contributed by atoms with Crippen LogP contribution in [0.4, 0.5) is 11.4 Å². The van der Waals surface area contributed by atoms with Crippen LogP contribution in [0.15, 0.2) is 0 Å². The quantitative estimate of drug-likeness (QED) is 0.604. The number of tetrazole rings is 1. The molecule has 0 amide bonds. The van der Waals surface area contributed by atoms with E-state index >= 15 is 0 Å². The van der Waals surface area contributed by atoms with E-state index < -0.39 is 0 Å². The van der Waals surface area contributed by atoms with Crippen molar-refractivity contribution >= 4 is 23.0 Å². The standard InChI is InChI=1S/C11H16N6O2/c1-6-7(2)17-11(14-15-16-17)9(12)10(6)13-4-5-19-8(3)18/h13H,4-5,12H2,1-3H3. The molecule has 2 aromatic heterocycles. The number of fused-ring (bicyclic) bond motifs is 1. The average molecular weight is 264 g/mol. The number of ether oxygens (including phenoxy) is 1. The van der Waals surface area contributed by atoms with Gasteiger partial charge in [-0.15, -0.1) is 5.10 Å². The van der Waals surface area contributed by atoms with Gasteiger partial charge in [-0.3, -0.25) is 4.79 Å². The fourth-order valence-electron chi connectivity index (χ4n) is 1.83. The summed E-state index contributed by atoms with van der Waals surface area (Å²) in [7, 11) is 0. The van der Waals surface area contributed by atoms with Crippen LogP contribution in [0.3, 0.4) is 0 Å². The van der Waals surface area contributed by atoms with E-state index in [1.165, 1.54) is 6.92 Å². The Kier molecular flexibility index (Phi) is 3.50. The lowest BCUT2D eigenvalue weighted by Gasteiger charge is -2.15. The van der Waals surface area contributed by atoms with Crippen LogP contribution >= 0.6 is 0 Å². The van der Waals surface area contributed by atoms with Gasteiger partial charge < -0.3 is 15.8 Å². The second-order valence-electron chi connectivity index (χ2n) is 4.18. The van der Waals surface area contributed by atoms with E-state index in [0.29, 0.717) is 17.9 Å². The molecule has 19 heavy (non-hydrogen) atoms. The topological polar surface area (TPSA) is 107 Å². The van der Waals surface area contributed by atoms with Gasteiger partial charge in [0.2, 0.25) is 5.65 Å². The number of nitrogen functional groups attached to an aromatic ring is 1. The normalized spacial score (nSPS) is 10.7. The van der Waals surface area contributed by atoms with E-state index in [9.17, 15) is 4.79 Å². The SMILES string of the molecule is CC(=O)OCCNc1c(C)c(C)n2nnnc2c1N. The molecule has 8 nitrogen and oxygen atoms in total. The first-order valence-electron chi connectivity index (χ1n) is 5.86. The van der Waals surface area contributed by atoms with Crippen molar-refractivity contribution in [2.24, 2.45) is 0 Å². The first kappa shape index (κ1) is 13.1. The third-order valence-corrected chi connectivity index (χ3v) is 2.92. The largest absolute Gasteiger partial charge is 0.464 e. The van der Waals surface area contributed by atoms with E-state index in [4.69, 9.17) is 10.5 Å². The maximum absolute atomic E-state index is 10.7. The summed E-state index contributed by atoms with van der Waals surface area (Å²) in [4.78, 5) is 10.7. The molecular formula is C11H16N6O2. The highest BCUT2D eigenvalue weighted by atomic mass is 16.5. The molecule has 0 aliphatic carbocycles. The molecule has 0 saturated carbocycles. The lowest BCUT2D eigenvalue weighted by atomic mass is 10.1. The number of nitrogens with one attached hydrogen (secondary N) is 1. The molecule has 0 aliphatic rings. The third-order valence-electron chi connectivity index (χ3n) is 2.92. The van der Waals surface area contributed by atoms with Gasteiger partial charge in [-0.05, 0) is 29.8 Å². The zero-order valence-electron chi connectivity index (χ0n) is 11.1. The lowest BCUT2D eigenvalue weighted by Crippen LogP contribution is -2.15. The summed E-state index contributed by atoms with van der Waals surface area (Å²) >= 11 is 0. The number of aromatic nitrogens is 4. The molecule has 0 bridgehead atoms. The predicted octanol–water partition coefficient (Wildman–Crippen LogP) is 0.298. The third kappa shape index (κ3) is 2.42. The Morgan fingerprint density at radius 1 is 1.47 bits per heavy atom. The second-order valence-corrected chi connectivity index (χ2v) is 4.18. The highest BCUT2D eigenvalue weighted by Gasteiger charge is 2.14. The number of aryl methyl sites for hydroxylation is 1. The van der Waals surface area contributed by atoms with Crippen molar-refractivity contribution in [2.75, 3.05) is 24.2 Å². The second kappa shape index (κ2) is 5.09. The van der Waals surface area contributed by atoms with Crippen LogP contribution in [0.1, 0.15) is 18.2 Å². The maximum atomic E-state index is 10.7. The minimum atomic E-state index is -0.306. The Morgan fingerprint density at radius 2 is 2.21 bits per heavy atom. The van der Waals surface area contributed by atoms with Gasteiger partial charge in [-0.2, -0.15) is 4.52 Å². The van der Waals surface area contributed by atoms with Gasteiger partial charge in [0, 0.05) is 19.2 Å². The van der Waals surface area contributed by atoms with Crippen molar-refractivity contribution < 1.29 is 9.53 Å². The number of nitrogens with zero attached hydrogens (tertiary/aromatic N) is 4. The Hall–Kier alpha value is -2.38. The van der Waals surface area contributed by atoms with Crippen molar-refractivity contribution in [1.82, 2.24) is 20.0 Å². The van der Waals surface area contributed by atoms with Gasteiger partial charge in [0.05, 0.1) is 5.69 Å². The molecule has 0 aromatic carbocycles. The fourth-order valence-corrected chi connectivity index (χ4v) is 1.83. The van der Waals surface area contributed by atoms with Gasteiger partial charge in [-0.25, -0.2) is 0 Å². The van der Waals surface area contributed by atoms with E-state index in [1.807, 2.05) is 13.8 Å². The number of hydrogen-bond acceptors (Lipinski definition) is 7. The maximum Gasteiger partial charge on any atom is 0.302 e. The number of anilines is 2. The first-order chi connectivity index (χ1) is 9.02. The molecule has 0 unspecified atom stereocenters. The summed E-state index contributed by atoms with van der Waals surface area (Å²) in [6.07, 6.45) is 0. The number of esters is 1. The molecule has 0 spiro atoms. The highest BCUT2D eigenvalue weighted by molar-refractivity contribution is 5.82. The van der Waals surface area contributed by atoms with Crippen LogP contribution in [-0.4, -0.2) is 39.2 Å².